The Labute approximate surface area is 389 Å². The van der Waals surface area contributed by atoms with Crippen molar-refractivity contribution in [3.05, 3.63) is 117 Å². The summed E-state index contributed by atoms with van der Waals surface area (Å²) >= 11 is 6.61. The number of piperidine rings is 1. The van der Waals surface area contributed by atoms with Crippen molar-refractivity contribution < 1.29 is 23.5 Å². The Hall–Kier alpha value is -5.90. The highest BCUT2D eigenvalue weighted by atomic mass is 35.5. The van der Waals surface area contributed by atoms with Crippen LogP contribution in [0.4, 0.5) is 16.0 Å². The van der Waals surface area contributed by atoms with Gasteiger partial charge in [-0.2, -0.15) is 5.10 Å². The monoisotopic (exact) mass is 914 g/mol. The van der Waals surface area contributed by atoms with Gasteiger partial charge in [-0.05, 0) is 98.2 Å². The quantitative estimate of drug-likeness (QED) is 0.0953. The molecule has 5 aliphatic rings. The molecule has 5 heterocycles. The van der Waals surface area contributed by atoms with Gasteiger partial charge in [-0.15, -0.1) is 0 Å². The predicted octanol–water partition coefficient (Wildman–Crippen LogP) is 6.80. The summed E-state index contributed by atoms with van der Waals surface area (Å²) in [6, 6.07) is 19.4. The molecule has 344 valence electrons. The van der Waals surface area contributed by atoms with Crippen LogP contribution in [0, 0.1) is 11.7 Å². The molecule has 2 aromatic heterocycles. The van der Waals surface area contributed by atoms with Gasteiger partial charge < -0.3 is 25.2 Å². The molecule has 4 fully saturated rings. The van der Waals surface area contributed by atoms with Crippen LogP contribution in [0.5, 0.6) is 5.75 Å². The Morgan fingerprint density at radius 1 is 0.864 bits per heavy atom. The maximum absolute atomic E-state index is 15.6. The van der Waals surface area contributed by atoms with E-state index in [1.165, 1.54) is 29.0 Å². The van der Waals surface area contributed by atoms with Crippen LogP contribution in [0.2, 0.25) is 5.02 Å². The average Bonchev–Trinajstić information content (AvgIpc) is 3.99. The Morgan fingerprint density at radius 3 is 2.38 bits per heavy atom. The minimum Gasteiger partial charge on any atom is -0.489 e. The lowest BCUT2D eigenvalue weighted by Gasteiger charge is -2.36. The van der Waals surface area contributed by atoms with Crippen LogP contribution in [0.3, 0.4) is 0 Å². The van der Waals surface area contributed by atoms with Gasteiger partial charge in [0.25, 0.3) is 5.91 Å². The zero-order valence-electron chi connectivity index (χ0n) is 37.3. The summed E-state index contributed by atoms with van der Waals surface area (Å²) in [5, 5.41) is 14.6. The highest BCUT2D eigenvalue weighted by Crippen LogP contribution is 2.38. The number of benzene rings is 3. The van der Waals surface area contributed by atoms with Crippen molar-refractivity contribution in [1.29, 1.82) is 0 Å². The summed E-state index contributed by atoms with van der Waals surface area (Å²) in [7, 11) is 1.98. The van der Waals surface area contributed by atoms with Crippen molar-refractivity contribution in [2.24, 2.45) is 13.0 Å². The van der Waals surface area contributed by atoms with Gasteiger partial charge in [0.05, 0.1) is 35.3 Å². The van der Waals surface area contributed by atoms with Crippen LogP contribution in [0.15, 0.2) is 73.1 Å². The third-order valence-electron chi connectivity index (χ3n) is 14.0. The molecule has 16 heteroatoms. The number of carbonyl (C=O) groups is 3. The summed E-state index contributed by atoms with van der Waals surface area (Å²) in [6.45, 7) is 5.17. The molecule has 3 aromatic carbocycles. The lowest BCUT2D eigenvalue weighted by atomic mass is 9.91. The molecule has 1 atom stereocenters. The third-order valence-corrected chi connectivity index (χ3v) is 14.3. The van der Waals surface area contributed by atoms with Gasteiger partial charge in [-0.1, -0.05) is 48.0 Å². The van der Waals surface area contributed by atoms with Gasteiger partial charge in [0.15, 0.2) is 0 Å². The Morgan fingerprint density at radius 2 is 1.62 bits per heavy atom. The third kappa shape index (κ3) is 9.79. The highest BCUT2D eigenvalue weighted by molar-refractivity contribution is 6.33. The van der Waals surface area contributed by atoms with E-state index < -0.39 is 11.9 Å². The summed E-state index contributed by atoms with van der Waals surface area (Å²) < 4.78 is 23.7. The largest absolute Gasteiger partial charge is 0.489 e. The van der Waals surface area contributed by atoms with Crippen molar-refractivity contribution in [3.8, 4) is 17.0 Å². The molecule has 0 spiro atoms. The Kier molecular flexibility index (Phi) is 12.7. The number of amides is 3. The number of fused-ring (bicyclic) bond motifs is 1. The first-order valence-electron chi connectivity index (χ1n) is 23.4. The number of aryl methyl sites for hydroxylation is 1. The second kappa shape index (κ2) is 19.1. The SMILES string of the molecule is Cn1ncc(-c2nc(NC3CCC(NCc4ccc(N5CCN(Cc6ccc(COc7cccc8c7CN(C7CCC(=O)NC7=O)C8=O)cc6)CC5)c(F)c4)CC3)ncc2Cl)c1CC1CC1. The topological polar surface area (TPSA) is 150 Å². The van der Waals surface area contributed by atoms with Crippen molar-refractivity contribution in [1.82, 2.24) is 40.2 Å². The first kappa shape index (κ1) is 44.0. The van der Waals surface area contributed by atoms with Crippen LogP contribution in [0.1, 0.15) is 89.7 Å². The number of piperazine rings is 1. The number of hydrogen-bond acceptors (Lipinski definition) is 11. The maximum Gasteiger partial charge on any atom is 0.255 e. The van der Waals surface area contributed by atoms with Crippen LogP contribution in [0.25, 0.3) is 11.3 Å². The number of nitrogens with one attached hydrogen (secondary N) is 3. The zero-order valence-corrected chi connectivity index (χ0v) is 38.0. The molecular weight excluding hydrogens is 859 g/mol. The molecule has 66 heavy (non-hydrogen) atoms. The summed E-state index contributed by atoms with van der Waals surface area (Å²) in [4.78, 5) is 52.8. The number of aromatic nitrogens is 4. The van der Waals surface area contributed by atoms with Gasteiger partial charge in [-0.3, -0.25) is 29.3 Å². The molecule has 3 N–H and O–H groups in total. The van der Waals surface area contributed by atoms with Crippen LogP contribution in [-0.4, -0.2) is 91.6 Å². The van der Waals surface area contributed by atoms with E-state index in [1.807, 2.05) is 36.1 Å². The number of imide groups is 1. The number of halogens is 2. The maximum atomic E-state index is 15.6. The zero-order chi connectivity index (χ0) is 45.3. The number of rotatable bonds is 15. The van der Waals surface area contributed by atoms with Crippen LogP contribution >= 0.6 is 11.6 Å². The fourth-order valence-electron chi connectivity index (χ4n) is 9.93. The van der Waals surface area contributed by atoms with Gasteiger partial charge in [0.2, 0.25) is 17.8 Å². The average molecular weight is 916 g/mol. The Balaban J connectivity index is 0.649. The van der Waals surface area contributed by atoms with Crippen molar-refractivity contribution in [3.63, 3.8) is 0 Å². The number of hydrogen-bond donors (Lipinski definition) is 3. The second-order valence-corrected chi connectivity index (χ2v) is 19.0. The first-order valence-corrected chi connectivity index (χ1v) is 23.8. The predicted molar refractivity (Wildman–Crippen MR) is 249 cm³/mol. The second-order valence-electron chi connectivity index (χ2n) is 18.6. The molecule has 1 unspecified atom stereocenters. The van der Waals surface area contributed by atoms with Gasteiger partial charge in [-0.25, -0.2) is 14.4 Å². The number of nitrogens with zero attached hydrogens (tertiary/aromatic N) is 7. The lowest BCUT2D eigenvalue weighted by Crippen LogP contribution is -2.52. The summed E-state index contributed by atoms with van der Waals surface area (Å²) in [6.07, 6.45) is 11.6. The minimum absolute atomic E-state index is 0.180. The summed E-state index contributed by atoms with van der Waals surface area (Å²) in [5.41, 5.74) is 7.96. The van der Waals surface area contributed by atoms with Gasteiger partial charge >= 0.3 is 0 Å². The van der Waals surface area contributed by atoms with E-state index in [2.05, 4.69) is 60.1 Å². The smallest absolute Gasteiger partial charge is 0.255 e. The van der Waals surface area contributed by atoms with E-state index >= 15 is 4.39 Å². The molecule has 2 saturated heterocycles. The minimum atomic E-state index is -0.670. The van der Waals surface area contributed by atoms with Crippen LogP contribution in [-0.2, 0) is 49.3 Å². The molecule has 2 aliphatic carbocycles. The molecular formula is C50H56ClFN10O4. The highest BCUT2D eigenvalue weighted by Gasteiger charge is 2.40. The summed E-state index contributed by atoms with van der Waals surface area (Å²) in [5.74, 6) is 0.788. The molecule has 3 aliphatic heterocycles. The number of ether oxygens (including phenoxy) is 1. The van der Waals surface area contributed by atoms with E-state index in [4.69, 9.17) is 21.3 Å². The van der Waals surface area contributed by atoms with E-state index in [1.54, 1.807) is 24.4 Å². The fourth-order valence-corrected chi connectivity index (χ4v) is 10.1. The van der Waals surface area contributed by atoms with Crippen molar-refractivity contribution >= 4 is 41.0 Å². The molecule has 10 rings (SSSR count). The van der Waals surface area contributed by atoms with E-state index in [9.17, 15) is 14.4 Å². The van der Waals surface area contributed by atoms with Crippen molar-refractivity contribution in [2.45, 2.75) is 102 Å². The van der Waals surface area contributed by atoms with E-state index in [-0.39, 0.29) is 36.6 Å². The molecule has 0 bridgehead atoms. The lowest BCUT2D eigenvalue weighted by molar-refractivity contribution is -0.136. The molecule has 2 saturated carbocycles. The fraction of sp³-hybridized carbons (Fsp3) is 0.440. The van der Waals surface area contributed by atoms with E-state index in [0.717, 1.165) is 98.7 Å². The molecule has 3 amide bonds. The first-order chi connectivity index (χ1) is 32.1. The Bertz CT molecular complexity index is 2600. The van der Waals surface area contributed by atoms with Crippen molar-refractivity contribution in [2.75, 3.05) is 36.4 Å². The van der Waals surface area contributed by atoms with Gasteiger partial charge in [0, 0.05) is 87.2 Å². The van der Waals surface area contributed by atoms with Gasteiger partial charge in [0.1, 0.15) is 24.2 Å². The molecule has 5 aromatic rings. The van der Waals surface area contributed by atoms with E-state index in [0.29, 0.717) is 53.6 Å². The number of carbonyl (C=O) groups excluding carboxylic acids is 3. The normalized spacial score (nSPS) is 21.3. The molecule has 14 nitrogen and oxygen atoms in total. The number of anilines is 2. The molecule has 0 radical (unpaired) electrons. The standard InChI is InChI=1S/C50H56ClFN10O4/c1-59-44(24-31-5-6-31)38(26-55-59)47-40(51)27-54-50(58-47)56-36-14-12-35(13-15-36)53-25-34-11-16-42(41(52)23-34)61-21-19-60(20-22-61)28-32-7-9-33(10-8-32)30-66-45-4-2-3-37-39(45)29-62(49(37)65)43-17-18-46(63)57-48(43)64/h2-4,7-11,16,23,26-27,31,35-36,43,53H,5-6,12-15,17-22,24-25,28-30H2,1H3,(H,54,56,58)(H,57,63,64). The van der Waals surface area contributed by atoms with Crippen LogP contribution < -0.4 is 25.6 Å².